The molecule has 2 rings (SSSR count). The SMILES string of the molecule is FC(F)(F)c1cc(NC(=S)c2cnc[nH]2)ncc1Cl. The molecule has 0 spiro atoms. The highest BCUT2D eigenvalue weighted by Gasteiger charge is 2.33. The highest BCUT2D eigenvalue weighted by atomic mass is 35.5. The van der Waals surface area contributed by atoms with Crippen LogP contribution in [0, 0.1) is 0 Å². The molecule has 2 aromatic rings. The molecule has 2 aromatic heterocycles. The van der Waals surface area contributed by atoms with Gasteiger partial charge in [-0.1, -0.05) is 23.8 Å². The molecule has 0 unspecified atom stereocenters. The molecule has 0 atom stereocenters. The summed E-state index contributed by atoms with van der Waals surface area (Å²) in [6, 6.07) is 0.797. The maximum absolute atomic E-state index is 12.7. The molecule has 4 nitrogen and oxygen atoms in total. The van der Waals surface area contributed by atoms with Crippen LogP contribution >= 0.6 is 23.8 Å². The first kappa shape index (κ1) is 13.8. The van der Waals surface area contributed by atoms with E-state index in [0.29, 0.717) is 5.69 Å². The number of aromatic nitrogens is 3. The first-order valence-corrected chi connectivity index (χ1v) is 5.69. The molecule has 0 saturated carbocycles. The summed E-state index contributed by atoms with van der Waals surface area (Å²) in [6.45, 7) is 0. The van der Waals surface area contributed by atoms with Gasteiger partial charge in [-0.2, -0.15) is 13.2 Å². The summed E-state index contributed by atoms with van der Waals surface area (Å²) in [4.78, 5) is 10.4. The van der Waals surface area contributed by atoms with Crippen LogP contribution < -0.4 is 5.32 Å². The van der Waals surface area contributed by atoms with E-state index < -0.39 is 16.8 Å². The van der Waals surface area contributed by atoms with Crippen LogP contribution in [0.5, 0.6) is 0 Å². The molecule has 2 heterocycles. The number of hydrogen-bond donors (Lipinski definition) is 2. The number of nitrogens with zero attached hydrogens (tertiary/aromatic N) is 2. The predicted octanol–water partition coefficient (Wildman–Crippen LogP) is 3.26. The van der Waals surface area contributed by atoms with Gasteiger partial charge in [-0.3, -0.25) is 0 Å². The largest absolute Gasteiger partial charge is 0.418 e. The van der Waals surface area contributed by atoms with E-state index in [9.17, 15) is 13.2 Å². The Morgan fingerprint density at radius 2 is 2.11 bits per heavy atom. The van der Waals surface area contributed by atoms with Gasteiger partial charge in [-0.05, 0) is 6.07 Å². The van der Waals surface area contributed by atoms with Crippen molar-refractivity contribution < 1.29 is 13.2 Å². The molecule has 0 saturated heterocycles. The number of nitrogens with one attached hydrogen (secondary N) is 2. The first-order chi connectivity index (χ1) is 8.88. The van der Waals surface area contributed by atoms with Crippen molar-refractivity contribution in [2.45, 2.75) is 6.18 Å². The molecule has 0 amide bonds. The third kappa shape index (κ3) is 3.21. The van der Waals surface area contributed by atoms with E-state index in [-0.39, 0.29) is 10.8 Å². The molecule has 0 aromatic carbocycles. The fourth-order valence-corrected chi connectivity index (χ4v) is 1.71. The number of halogens is 4. The van der Waals surface area contributed by atoms with Gasteiger partial charge in [0, 0.05) is 6.20 Å². The maximum Gasteiger partial charge on any atom is 0.418 e. The van der Waals surface area contributed by atoms with Crippen LogP contribution in [0.4, 0.5) is 19.0 Å². The van der Waals surface area contributed by atoms with E-state index in [2.05, 4.69) is 20.3 Å². The average Bonchev–Trinajstić information content (AvgIpc) is 2.83. The number of alkyl halides is 3. The zero-order valence-corrected chi connectivity index (χ0v) is 10.7. The van der Waals surface area contributed by atoms with Crippen LogP contribution in [0.3, 0.4) is 0 Å². The Morgan fingerprint density at radius 1 is 1.37 bits per heavy atom. The molecule has 19 heavy (non-hydrogen) atoms. The zero-order valence-electron chi connectivity index (χ0n) is 9.12. The summed E-state index contributed by atoms with van der Waals surface area (Å²) in [7, 11) is 0. The highest BCUT2D eigenvalue weighted by molar-refractivity contribution is 7.81. The molecule has 0 aliphatic rings. The van der Waals surface area contributed by atoms with Gasteiger partial charge in [0.1, 0.15) is 10.8 Å². The maximum atomic E-state index is 12.7. The number of thiocarbonyl (C=S) groups is 1. The minimum Gasteiger partial charge on any atom is -0.343 e. The Morgan fingerprint density at radius 3 is 2.68 bits per heavy atom. The van der Waals surface area contributed by atoms with Crippen LogP contribution in [0.25, 0.3) is 0 Å². The smallest absolute Gasteiger partial charge is 0.343 e. The zero-order chi connectivity index (χ0) is 14.0. The van der Waals surface area contributed by atoms with Crippen molar-refractivity contribution in [3.63, 3.8) is 0 Å². The Bertz CT molecular complexity index is 597. The molecule has 100 valence electrons. The minimum atomic E-state index is -4.55. The topological polar surface area (TPSA) is 53.6 Å². The van der Waals surface area contributed by atoms with Gasteiger partial charge >= 0.3 is 6.18 Å². The van der Waals surface area contributed by atoms with Gasteiger partial charge in [0.15, 0.2) is 0 Å². The number of rotatable bonds is 2. The minimum absolute atomic E-state index is 0.0451. The lowest BCUT2D eigenvalue weighted by Gasteiger charge is -2.11. The molecule has 2 N–H and O–H groups in total. The fourth-order valence-electron chi connectivity index (χ4n) is 1.29. The number of H-pyrrole nitrogens is 1. The molecule has 0 radical (unpaired) electrons. The molecule has 0 aliphatic carbocycles. The standard InChI is InChI=1S/C10H6ClF3N4S/c11-6-2-16-8(1-5(6)10(12,13)14)18-9(19)7-3-15-4-17-7/h1-4H,(H,15,17)(H,16,18,19). The number of anilines is 1. The van der Waals surface area contributed by atoms with Crippen LogP contribution in [0.1, 0.15) is 11.3 Å². The lowest BCUT2D eigenvalue weighted by atomic mass is 10.2. The average molecular weight is 307 g/mol. The normalized spacial score (nSPS) is 11.4. The van der Waals surface area contributed by atoms with Crippen LogP contribution in [0.15, 0.2) is 24.8 Å². The summed E-state index contributed by atoms with van der Waals surface area (Å²) in [5.74, 6) is -0.0451. The van der Waals surface area contributed by atoms with Crippen molar-refractivity contribution in [2.75, 3.05) is 5.32 Å². The first-order valence-electron chi connectivity index (χ1n) is 4.90. The van der Waals surface area contributed by atoms with Crippen molar-refractivity contribution >= 4 is 34.6 Å². The quantitative estimate of drug-likeness (QED) is 0.836. The lowest BCUT2D eigenvalue weighted by molar-refractivity contribution is -0.137. The van der Waals surface area contributed by atoms with Gasteiger partial charge in [-0.15, -0.1) is 0 Å². The highest BCUT2D eigenvalue weighted by Crippen LogP contribution is 2.35. The summed E-state index contributed by atoms with van der Waals surface area (Å²) >= 11 is 10.4. The van der Waals surface area contributed by atoms with Crippen LogP contribution in [-0.2, 0) is 6.18 Å². The van der Waals surface area contributed by atoms with E-state index >= 15 is 0 Å². The Hall–Kier alpha value is -1.67. The van der Waals surface area contributed by atoms with E-state index in [4.69, 9.17) is 23.8 Å². The third-order valence-electron chi connectivity index (χ3n) is 2.15. The van der Waals surface area contributed by atoms with Crippen LogP contribution in [-0.4, -0.2) is 19.9 Å². The molecular formula is C10H6ClF3N4S. The monoisotopic (exact) mass is 306 g/mol. The van der Waals surface area contributed by atoms with E-state index in [1.165, 1.54) is 12.5 Å². The second kappa shape index (κ2) is 5.14. The molecule has 0 bridgehead atoms. The fraction of sp³-hybridized carbons (Fsp3) is 0.100. The summed E-state index contributed by atoms with van der Waals surface area (Å²) in [6.07, 6.45) is -0.788. The second-order valence-corrected chi connectivity index (χ2v) is 4.28. The van der Waals surface area contributed by atoms with Gasteiger partial charge < -0.3 is 10.3 Å². The van der Waals surface area contributed by atoms with Gasteiger partial charge in [-0.25, -0.2) is 9.97 Å². The summed E-state index contributed by atoms with van der Waals surface area (Å²) in [5, 5.41) is 2.11. The lowest BCUT2D eigenvalue weighted by Crippen LogP contribution is -2.14. The Kier molecular flexibility index (Phi) is 3.72. The van der Waals surface area contributed by atoms with Crippen molar-refractivity contribution in [1.82, 2.24) is 15.0 Å². The van der Waals surface area contributed by atoms with Gasteiger partial charge in [0.2, 0.25) is 0 Å². The second-order valence-electron chi connectivity index (χ2n) is 3.47. The predicted molar refractivity (Wildman–Crippen MR) is 68.2 cm³/mol. The van der Waals surface area contributed by atoms with E-state index in [0.717, 1.165) is 12.3 Å². The summed E-state index contributed by atoms with van der Waals surface area (Å²) < 4.78 is 38.0. The number of imidazole rings is 1. The third-order valence-corrected chi connectivity index (χ3v) is 2.77. The molecular weight excluding hydrogens is 301 g/mol. The van der Waals surface area contributed by atoms with E-state index in [1.807, 2.05) is 0 Å². The Balaban J connectivity index is 2.25. The number of hydrogen-bond acceptors (Lipinski definition) is 3. The van der Waals surface area contributed by atoms with Crippen molar-refractivity contribution in [3.8, 4) is 0 Å². The molecule has 0 aliphatic heterocycles. The van der Waals surface area contributed by atoms with Gasteiger partial charge in [0.25, 0.3) is 0 Å². The van der Waals surface area contributed by atoms with E-state index in [1.54, 1.807) is 0 Å². The van der Waals surface area contributed by atoms with Crippen molar-refractivity contribution in [1.29, 1.82) is 0 Å². The molecule has 0 fully saturated rings. The van der Waals surface area contributed by atoms with Crippen LogP contribution in [0.2, 0.25) is 5.02 Å². The van der Waals surface area contributed by atoms with Crippen molar-refractivity contribution in [2.24, 2.45) is 0 Å². The summed E-state index contributed by atoms with van der Waals surface area (Å²) in [5.41, 5.74) is -0.501. The number of aromatic amines is 1. The van der Waals surface area contributed by atoms with Crippen molar-refractivity contribution in [3.05, 3.63) is 41.1 Å². The van der Waals surface area contributed by atoms with Gasteiger partial charge in [0.05, 0.1) is 28.8 Å². The number of pyridine rings is 1. The molecule has 9 heteroatoms. The Labute approximate surface area is 116 Å².